The van der Waals surface area contributed by atoms with E-state index < -0.39 is 33.5 Å². The Kier molecular flexibility index (Phi) is 11.2. The third kappa shape index (κ3) is 10.5. The van der Waals surface area contributed by atoms with Crippen molar-refractivity contribution in [2.24, 2.45) is 7.05 Å². The third-order valence-electron chi connectivity index (χ3n) is 6.79. The smallest absolute Gasteiger partial charge is 0.408 e. The molecule has 1 unspecified atom stereocenters. The van der Waals surface area contributed by atoms with Gasteiger partial charge in [0.1, 0.15) is 23.2 Å². The highest BCUT2D eigenvalue weighted by Gasteiger charge is 2.27. The Hall–Kier alpha value is -4.47. The minimum Gasteiger partial charge on any atom is -0.497 e. The largest absolute Gasteiger partial charge is 0.497 e. The summed E-state index contributed by atoms with van der Waals surface area (Å²) in [6, 6.07) is 10.9. The van der Waals surface area contributed by atoms with Crippen LogP contribution in [-0.4, -0.2) is 91.7 Å². The fraction of sp³-hybridized carbons (Fsp3) is 0.455. The van der Waals surface area contributed by atoms with Gasteiger partial charge in [0.05, 0.1) is 74.9 Å². The van der Waals surface area contributed by atoms with Crippen LogP contribution < -0.4 is 19.7 Å². The molecule has 1 N–H and O–H groups in total. The molecule has 0 spiro atoms. The molecule has 0 fully saturated rings. The summed E-state index contributed by atoms with van der Waals surface area (Å²) in [6.07, 6.45) is 4.68. The van der Waals surface area contributed by atoms with Crippen molar-refractivity contribution < 1.29 is 36.3 Å². The van der Waals surface area contributed by atoms with Gasteiger partial charge >= 0.3 is 6.09 Å². The van der Waals surface area contributed by atoms with Crippen molar-refractivity contribution in [2.45, 2.75) is 51.9 Å². The molecule has 48 heavy (non-hydrogen) atoms. The van der Waals surface area contributed by atoms with Gasteiger partial charge in [0.15, 0.2) is 0 Å². The molecule has 0 aliphatic carbocycles. The van der Waals surface area contributed by atoms with E-state index in [0.717, 1.165) is 11.8 Å². The lowest BCUT2D eigenvalue weighted by molar-refractivity contribution is 0.0176. The monoisotopic (exact) mass is 684 g/mol. The lowest BCUT2D eigenvalue weighted by atomic mass is 10.1. The molecule has 0 radical (unpaired) electrons. The van der Waals surface area contributed by atoms with E-state index in [0.29, 0.717) is 39.6 Å². The molecule has 4 rings (SSSR count). The van der Waals surface area contributed by atoms with Gasteiger partial charge in [-0.05, 0) is 52.8 Å². The lowest BCUT2D eigenvalue weighted by Crippen LogP contribution is -2.49. The second-order valence-corrected chi connectivity index (χ2v) is 14.6. The minimum absolute atomic E-state index is 0.0323. The molecular formula is C33H44N6O8S. The number of alkyl carbamates (subject to hydrolysis) is 1. The van der Waals surface area contributed by atoms with Gasteiger partial charge < -0.3 is 29.2 Å². The summed E-state index contributed by atoms with van der Waals surface area (Å²) in [7, 11) is 1.01. The van der Waals surface area contributed by atoms with E-state index in [2.05, 4.69) is 15.4 Å². The van der Waals surface area contributed by atoms with Crippen LogP contribution in [0.3, 0.4) is 0 Å². The predicted octanol–water partition coefficient (Wildman–Crippen LogP) is 4.85. The Labute approximate surface area is 281 Å². The van der Waals surface area contributed by atoms with Crippen molar-refractivity contribution in [2.75, 3.05) is 45.1 Å². The summed E-state index contributed by atoms with van der Waals surface area (Å²) in [5, 5.41) is 7.02. The molecule has 0 bridgehead atoms. The number of aromatic nitrogens is 4. The molecule has 0 saturated heterocycles. The van der Waals surface area contributed by atoms with Gasteiger partial charge in [-0.2, -0.15) is 13.5 Å². The SMILES string of the molecule is COc1cc(OC)cc(N(CC(COCC(C)(C)NC(=O)OC(C)(C)C)OS(C)(=O)=O)c2ccc3ncc(-c4cnn(C)c4)nc3c2)c1. The van der Waals surface area contributed by atoms with Gasteiger partial charge in [-0.3, -0.25) is 13.8 Å². The molecule has 0 saturated carbocycles. The number of hydrogen-bond acceptors (Lipinski definition) is 12. The van der Waals surface area contributed by atoms with Crippen molar-refractivity contribution in [3.63, 3.8) is 0 Å². The van der Waals surface area contributed by atoms with Gasteiger partial charge in [0, 0.05) is 48.4 Å². The van der Waals surface area contributed by atoms with Crippen LogP contribution in [0, 0.1) is 0 Å². The van der Waals surface area contributed by atoms with Gasteiger partial charge in [0.2, 0.25) is 0 Å². The molecule has 2 heterocycles. The molecule has 14 nitrogen and oxygen atoms in total. The Bertz CT molecular complexity index is 1820. The van der Waals surface area contributed by atoms with Crippen LogP contribution in [0.1, 0.15) is 34.6 Å². The average molecular weight is 685 g/mol. The second kappa shape index (κ2) is 14.7. The summed E-state index contributed by atoms with van der Waals surface area (Å²) in [5.41, 5.74) is 2.55. The molecular weight excluding hydrogens is 640 g/mol. The van der Waals surface area contributed by atoms with Crippen LogP contribution >= 0.6 is 0 Å². The maximum atomic E-state index is 12.4. The maximum Gasteiger partial charge on any atom is 0.408 e. The summed E-state index contributed by atoms with van der Waals surface area (Å²) in [5.74, 6) is 1.06. The standard InChI is InChI=1S/C33H44N6O8S/c1-32(2,3)46-31(40)37-33(4,5)21-45-20-27(47-48(9,41)42)19-39(24-12-25(43-7)15-26(13-24)44-8)23-10-11-28-29(14-23)36-30(17-34-28)22-16-35-38(6)18-22/h10-18,27H,19-21H2,1-9H3,(H,37,40). The van der Waals surface area contributed by atoms with Crippen LogP contribution in [0.4, 0.5) is 16.2 Å². The van der Waals surface area contributed by atoms with Gasteiger partial charge in [0.25, 0.3) is 10.1 Å². The molecule has 1 amide bonds. The van der Waals surface area contributed by atoms with E-state index in [-0.39, 0.29) is 19.8 Å². The molecule has 15 heteroatoms. The normalized spacial score (nSPS) is 12.9. The second-order valence-electron chi connectivity index (χ2n) is 13.0. The van der Waals surface area contributed by atoms with E-state index in [1.165, 1.54) is 0 Å². The molecule has 2 aromatic heterocycles. The number of rotatable bonds is 14. The number of carbonyl (C=O) groups excluding carboxylic acids is 1. The number of hydrogen-bond donors (Lipinski definition) is 1. The highest BCUT2D eigenvalue weighted by molar-refractivity contribution is 7.86. The van der Waals surface area contributed by atoms with Crippen LogP contribution in [0.2, 0.25) is 0 Å². The number of carbonyl (C=O) groups is 1. The molecule has 0 aliphatic heterocycles. The number of nitrogens with zero attached hydrogens (tertiary/aromatic N) is 5. The Morgan fingerprint density at radius 3 is 2.25 bits per heavy atom. The van der Waals surface area contributed by atoms with Gasteiger partial charge in [-0.15, -0.1) is 0 Å². The van der Waals surface area contributed by atoms with E-state index in [1.54, 1.807) is 84.1 Å². The van der Waals surface area contributed by atoms with Crippen LogP contribution in [0.25, 0.3) is 22.3 Å². The highest BCUT2D eigenvalue weighted by atomic mass is 32.2. The molecule has 0 aliphatic rings. The fourth-order valence-electron chi connectivity index (χ4n) is 4.79. The number of methoxy groups -OCH3 is 2. The van der Waals surface area contributed by atoms with Crippen LogP contribution in [0.15, 0.2) is 55.0 Å². The van der Waals surface area contributed by atoms with Crippen LogP contribution in [-0.2, 0) is 30.8 Å². The Balaban J connectivity index is 1.68. The first-order chi connectivity index (χ1) is 22.4. The Morgan fingerprint density at radius 1 is 0.979 bits per heavy atom. The predicted molar refractivity (Wildman–Crippen MR) is 182 cm³/mol. The van der Waals surface area contributed by atoms with Crippen molar-refractivity contribution in [1.29, 1.82) is 0 Å². The van der Waals surface area contributed by atoms with E-state index >= 15 is 0 Å². The van der Waals surface area contributed by atoms with E-state index in [1.807, 2.05) is 36.3 Å². The van der Waals surface area contributed by atoms with Gasteiger partial charge in [-0.1, -0.05) is 0 Å². The average Bonchev–Trinajstić information content (AvgIpc) is 3.42. The zero-order valence-electron chi connectivity index (χ0n) is 28.8. The summed E-state index contributed by atoms with van der Waals surface area (Å²) in [4.78, 5) is 23.7. The highest BCUT2D eigenvalue weighted by Crippen LogP contribution is 2.35. The first kappa shape index (κ1) is 36.4. The number of amides is 1. The first-order valence-electron chi connectivity index (χ1n) is 15.2. The lowest BCUT2D eigenvalue weighted by Gasteiger charge is -2.31. The minimum atomic E-state index is -3.91. The molecule has 4 aromatic rings. The summed E-state index contributed by atoms with van der Waals surface area (Å²) in [6.45, 7) is 8.82. The molecule has 1 atom stereocenters. The van der Waals surface area contributed by atoms with E-state index in [4.69, 9.17) is 28.1 Å². The first-order valence-corrected chi connectivity index (χ1v) is 17.0. The zero-order valence-corrected chi connectivity index (χ0v) is 29.6. The molecule has 2 aromatic carbocycles. The van der Waals surface area contributed by atoms with Crippen molar-refractivity contribution in [3.05, 3.63) is 55.0 Å². The van der Waals surface area contributed by atoms with Gasteiger partial charge in [-0.25, -0.2) is 9.78 Å². The van der Waals surface area contributed by atoms with Crippen molar-refractivity contribution in [1.82, 2.24) is 25.1 Å². The zero-order chi connectivity index (χ0) is 35.3. The number of ether oxygens (including phenoxy) is 4. The number of aryl methyl sites for hydroxylation is 1. The van der Waals surface area contributed by atoms with Crippen LogP contribution in [0.5, 0.6) is 11.5 Å². The topological polar surface area (TPSA) is 156 Å². The van der Waals surface area contributed by atoms with Crippen molar-refractivity contribution >= 4 is 38.6 Å². The third-order valence-corrected chi connectivity index (χ3v) is 7.41. The number of benzene rings is 2. The number of fused-ring (bicyclic) bond motifs is 1. The Morgan fingerprint density at radius 2 is 1.67 bits per heavy atom. The fourth-order valence-corrected chi connectivity index (χ4v) is 5.40. The summed E-state index contributed by atoms with van der Waals surface area (Å²) >= 11 is 0. The maximum absolute atomic E-state index is 12.4. The number of nitrogens with one attached hydrogen (secondary N) is 1. The number of anilines is 2. The molecule has 260 valence electrons. The van der Waals surface area contributed by atoms with E-state index in [9.17, 15) is 13.2 Å². The van der Waals surface area contributed by atoms with Crippen molar-refractivity contribution in [3.8, 4) is 22.8 Å². The quantitative estimate of drug-likeness (QED) is 0.181. The summed E-state index contributed by atoms with van der Waals surface area (Å²) < 4.78 is 54.5.